The van der Waals surface area contributed by atoms with Gasteiger partial charge in [-0.3, -0.25) is 4.79 Å². The van der Waals surface area contributed by atoms with E-state index in [1.165, 1.54) is 11.8 Å². The minimum atomic E-state index is -0.468. The number of amides is 1. The molecule has 2 aromatic carbocycles. The minimum absolute atomic E-state index is 0.134. The van der Waals surface area contributed by atoms with Crippen LogP contribution in [0.25, 0.3) is 0 Å². The van der Waals surface area contributed by atoms with E-state index in [4.69, 9.17) is 11.6 Å². The summed E-state index contributed by atoms with van der Waals surface area (Å²) in [6.07, 6.45) is 0. The zero-order valence-electron chi connectivity index (χ0n) is 16.3. The SMILES string of the molecule is Cc1ccc(NC(=O)C(Sc2nnc(C(C)C)n2C)c2ccccc2)cc1Cl. The van der Waals surface area contributed by atoms with Gasteiger partial charge in [0.05, 0.1) is 0 Å². The molecule has 1 atom stereocenters. The van der Waals surface area contributed by atoms with Gasteiger partial charge in [0.25, 0.3) is 0 Å². The number of nitrogens with one attached hydrogen (secondary N) is 1. The van der Waals surface area contributed by atoms with Crippen LogP contribution < -0.4 is 5.32 Å². The summed E-state index contributed by atoms with van der Waals surface area (Å²) in [7, 11) is 1.93. The molecule has 3 aromatic rings. The van der Waals surface area contributed by atoms with E-state index in [1.54, 1.807) is 6.07 Å². The smallest absolute Gasteiger partial charge is 0.242 e. The first-order valence-corrected chi connectivity index (χ1v) is 10.3. The Hall–Kier alpha value is -2.31. The number of hydrogen-bond acceptors (Lipinski definition) is 4. The second-order valence-electron chi connectivity index (χ2n) is 6.92. The second-order valence-corrected chi connectivity index (χ2v) is 8.40. The number of benzene rings is 2. The number of carbonyl (C=O) groups excluding carboxylic acids is 1. The Kier molecular flexibility index (Phi) is 6.42. The van der Waals surface area contributed by atoms with Gasteiger partial charge in [-0.1, -0.05) is 73.6 Å². The van der Waals surface area contributed by atoms with Crippen molar-refractivity contribution in [2.75, 3.05) is 5.32 Å². The van der Waals surface area contributed by atoms with Crippen LogP contribution in [0.1, 0.15) is 42.0 Å². The van der Waals surface area contributed by atoms with E-state index >= 15 is 0 Å². The number of hydrogen-bond donors (Lipinski definition) is 1. The van der Waals surface area contributed by atoms with Crippen molar-refractivity contribution in [3.8, 4) is 0 Å². The number of aromatic nitrogens is 3. The van der Waals surface area contributed by atoms with Gasteiger partial charge in [0.15, 0.2) is 5.16 Å². The topological polar surface area (TPSA) is 59.8 Å². The van der Waals surface area contributed by atoms with Crippen LogP contribution >= 0.6 is 23.4 Å². The van der Waals surface area contributed by atoms with Crippen molar-refractivity contribution >= 4 is 35.0 Å². The predicted octanol–water partition coefficient (Wildman–Crippen LogP) is 5.37. The van der Waals surface area contributed by atoms with Crippen LogP contribution in [-0.4, -0.2) is 20.7 Å². The number of halogens is 1. The zero-order chi connectivity index (χ0) is 20.3. The third-order valence-corrected chi connectivity index (χ3v) is 6.08. The van der Waals surface area contributed by atoms with Gasteiger partial charge in [-0.25, -0.2) is 0 Å². The average Bonchev–Trinajstić information content (AvgIpc) is 3.04. The summed E-state index contributed by atoms with van der Waals surface area (Å²) in [4.78, 5) is 13.1. The first-order chi connectivity index (χ1) is 13.4. The van der Waals surface area contributed by atoms with E-state index in [9.17, 15) is 4.79 Å². The summed E-state index contributed by atoms with van der Waals surface area (Å²) in [5.41, 5.74) is 2.54. The van der Waals surface area contributed by atoms with Gasteiger partial charge >= 0.3 is 0 Å². The van der Waals surface area contributed by atoms with Crippen molar-refractivity contribution in [3.63, 3.8) is 0 Å². The summed E-state index contributed by atoms with van der Waals surface area (Å²) < 4.78 is 1.95. The van der Waals surface area contributed by atoms with Crippen LogP contribution in [0.5, 0.6) is 0 Å². The average molecular weight is 415 g/mol. The predicted molar refractivity (Wildman–Crippen MR) is 115 cm³/mol. The third-order valence-electron chi connectivity index (χ3n) is 4.39. The lowest BCUT2D eigenvalue weighted by Crippen LogP contribution is -2.19. The monoisotopic (exact) mass is 414 g/mol. The first-order valence-electron chi connectivity index (χ1n) is 9.04. The highest BCUT2D eigenvalue weighted by Gasteiger charge is 2.25. The van der Waals surface area contributed by atoms with Crippen LogP contribution in [0.3, 0.4) is 0 Å². The number of anilines is 1. The molecule has 0 spiro atoms. The Morgan fingerprint density at radius 1 is 1.14 bits per heavy atom. The zero-order valence-corrected chi connectivity index (χ0v) is 17.9. The normalized spacial score (nSPS) is 12.2. The molecule has 0 saturated heterocycles. The molecular weight excluding hydrogens is 392 g/mol. The lowest BCUT2D eigenvalue weighted by molar-refractivity contribution is -0.115. The molecule has 0 fully saturated rings. The fourth-order valence-corrected chi connectivity index (χ4v) is 4.01. The maximum atomic E-state index is 13.1. The molecule has 0 saturated carbocycles. The summed E-state index contributed by atoms with van der Waals surface area (Å²) >= 11 is 7.58. The molecule has 0 bridgehead atoms. The lowest BCUT2D eigenvalue weighted by atomic mass is 10.1. The van der Waals surface area contributed by atoms with Gasteiger partial charge in [0.1, 0.15) is 11.1 Å². The largest absolute Gasteiger partial charge is 0.325 e. The van der Waals surface area contributed by atoms with Gasteiger partial charge in [-0.05, 0) is 30.2 Å². The standard InChI is InChI=1S/C21H23ClN4OS/c1-13(2)19-24-25-21(26(19)4)28-18(15-8-6-5-7-9-15)20(27)23-16-11-10-14(3)17(22)12-16/h5-13,18H,1-4H3,(H,23,27). The van der Waals surface area contributed by atoms with Gasteiger partial charge in [0, 0.05) is 23.7 Å². The lowest BCUT2D eigenvalue weighted by Gasteiger charge is -2.17. The van der Waals surface area contributed by atoms with Crippen molar-refractivity contribution in [1.29, 1.82) is 0 Å². The van der Waals surface area contributed by atoms with Gasteiger partial charge in [0.2, 0.25) is 5.91 Å². The van der Waals surface area contributed by atoms with Crippen LogP contribution in [0, 0.1) is 6.92 Å². The van der Waals surface area contributed by atoms with Crippen LogP contribution in [0.15, 0.2) is 53.7 Å². The van der Waals surface area contributed by atoms with Crippen molar-refractivity contribution in [3.05, 3.63) is 70.5 Å². The molecule has 0 aliphatic rings. The molecule has 0 aliphatic heterocycles. The molecule has 0 radical (unpaired) electrons. The van der Waals surface area contributed by atoms with Gasteiger partial charge in [-0.15, -0.1) is 10.2 Å². The molecule has 28 heavy (non-hydrogen) atoms. The number of nitrogens with zero attached hydrogens (tertiary/aromatic N) is 3. The molecular formula is C21H23ClN4OS. The number of carbonyl (C=O) groups is 1. The Bertz CT molecular complexity index is 972. The molecule has 1 heterocycles. The third kappa shape index (κ3) is 4.56. The van der Waals surface area contributed by atoms with E-state index in [-0.39, 0.29) is 11.8 Å². The fourth-order valence-electron chi connectivity index (χ4n) is 2.82. The Labute approximate surface area is 174 Å². The van der Waals surface area contributed by atoms with Crippen LogP contribution in [0.2, 0.25) is 5.02 Å². The molecule has 146 valence electrons. The number of rotatable bonds is 6. The summed E-state index contributed by atoms with van der Waals surface area (Å²) in [6.45, 7) is 6.07. The van der Waals surface area contributed by atoms with Crippen molar-refractivity contribution in [1.82, 2.24) is 14.8 Å². The highest BCUT2D eigenvalue weighted by atomic mass is 35.5. The van der Waals surface area contributed by atoms with Crippen LogP contribution in [-0.2, 0) is 11.8 Å². The Morgan fingerprint density at radius 3 is 2.46 bits per heavy atom. The highest BCUT2D eigenvalue weighted by molar-refractivity contribution is 8.00. The fraction of sp³-hybridized carbons (Fsp3) is 0.286. The molecule has 1 unspecified atom stereocenters. The van der Waals surface area contributed by atoms with Gasteiger partial charge < -0.3 is 9.88 Å². The molecule has 1 N–H and O–H groups in total. The second kappa shape index (κ2) is 8.80. The summed E-state index contributed by atoms with van der Waals surface area (Å²) in [5, 5.41) is 12.4. The van der Waals surface area contributed by atoms with Crippen LogP contribution in [0.4, 0.5) is 5.69 Å². The molecule has 3 rings (SSSR count). The van der Waals surface area contributed by atoms with E-state index < -0.39 is 5.25 Å². The van der Waals surface area contributed by atoms with Crippen molar-refractivity contribution in [2.24, 2.45) is 7.05 Å². The minimum Gasteiger partial charge on any atom is -0.325 e. The Balaban J connectivity index is 1.89. The van der Waals surface area contributed by atoms with Crippen molar-refractivity contribution in [2.45, 2.75) is 37.1 Å². The number of thioether (sulfide) groups is 1. The van der Waals surface area contributed by atoms with E-state index in [1.807, 2.05) is 61.0 Å². The summed E-state index contributed by atoms with van der Waals surface area (Å²) in [5.74, 6) is 1.01. The van der Waals surface area contributed by atoms with Gasteiger partial charge in [-0.2, -0.15) is 0 Å². The molecule has 7 heteroatoms. The van der Waals surface area contributed by atoms with Crippen molar-refractivity contribution < 1.29 is 4.79 Å². The Morgan fingerprint density at radius 2 is 1.86 bits per heavy atom. The molecule has 5 nitrogen and oxygen atoms in total. The first kappa shape index (κ1) is 20.4. The molecule has 0 aliphatic carbocycles. The van der Waals surface area contributed by atoms with E-state index in [0.29, 0.717) is 15.9 Å². The maximum absolute atomic E-state index is 13.1. The molecule has 1 amide bonds. The quantitative estimate of drug-likeness (QED) is 0.550. The maximum Gasteiger partial charge on any atom is 0.242 e. The molecule has 1 aromatic heterocycles. The van der Waals surface area contributed by atoms with E-state index in [0.717, 1.165) is 17.0 Å². The van der Waals surface area contributed by atoms with E-state index in [2.05, 4.69) is 29.4 Å². The number of aryl methyl sites for hydroxylation is 1. The highest BCUT2D eigenvalue weighted by Crippen LogP contribution is 2.36. The summed E-state index contributed by atoms with van der Waals surface area (Å²) in [6, 6.07) is 15.2.